The van der Waals surface area contributed by atoms with Gasteiger partial charge in [-0.15, -0.1) is 22.7 Å². The van der Waals surface area contributed by atoms with Crippen molar-refractivity contribution in [2.24, 2.45) is 0 Å². The van der Waals surface area contributed by atoms with Crippen LogP contribution in [0.5, 0.6) is 0 Å². The monoisotopic (exact) mass is 385 g/mol. The molecule has 2 aromatic heterocycles. The first-order valence-corrected chi connectivity index (χ1v) is 10.0. The number of nitrogens with one attached hydrogen (secondary N) is 1. The molecule has 0 fully saturated rings. The van der Waals surface area contributed by atoms with Gasteiger partial charge < -0.3 is 10.1 Å². The van der Waals surface area contributed by atoms with Crippen LogP contribution in [-0.2, 0) is 16.0 Å². The first kappa shape index (κ1) is 18.4. The molecule has 0 aliphatic carbocycles. The molecule has 0 atom stereocenters. The molecule has 4 nitrogen and oxygen atoms in total. The van der Waals surface area contributed by atoms with Crippen LogP contribution in [0.3, 0.4) is 0 Å². The number of ether oxygens (including phenoxy) is 1. The number of hydrogen-bond acceptors (Lipinski definition) is 5. The first-order chi connectivity index (χ1) is 12.6. The summed E-state index contributed by atoms with van der Waals surface area (Å²) >= 11 is 2.88. The summed E-state index contributed by atoms with van der Waals surface area (Å²) < 4.78 is 5.22. The Bertz CT molecular complexity index is 896. The third kappa shape index (κ3) is 4.20. The summed E-state index contributed by atoms with van der Waals surface area (Å²) in [6.45, 7) is 4.06. The number of benzene rings is 1. The van der Waals surface area contributed by atoms with E-state index in [1.807, 2.05) is 54.1 Å². The molecule has 3 rings (SSSR count). The highest BCUT2D eigenvalue weighted by Crippen LogP contribution is 2.36. The minimum Gasteiger partial charge on any atom is -0.462 e. The van der Waals surface area contributed by atoms with Crippen molar-refractivity contribution < 1.29 is 14.3 Å². The molecular weight excluding hydrogens is 366 g/mol. The van der Waals surface area contributed by atoms with Crippen molar-refractivity contribution in [2.75, 3.05) is 11.9 Å². The Kier molecular flexibility index (Phi) is 5.85. The summed E-state index contributed by atoms with van der Waals surface area (Å²) in [4.78, 5) is 25.9. The molecular formula is C20H19NO3S2. The zero-order chi connectivity index (χ0) is 18.5. The predicted molar refractivity (Wildman–Crippen MR) is 107 cm³/mol. The van der Waals surface area contributed by atoms with Gasteiger partial charge in [0.05, 0.1) is 13.0 Å². The molecule has 0 aliphatic heterocycles. The van der Waals surface area contributed by atoms with Crippen LogP contribution in [0.15, 0.2) is 47.2 Å². The average molecular weight is 386 g/mol. The SMILES string of the molecule is CCOC(=O)c1c(-c2ccc(C)cc2)csc1NC(=O)Cc1cccs1. The van der Waals surface area contributed by atoms with Crippen molar-refractivity contribution in [1.29, 1.82) is 0 Å². The highest BCUT2D eigenvalue weighted by molar-refractivity contribution is 7.15. The second-order valence-electron chi connectivity index (χ2n) is 5.74. The maximum absolute atomic E-state index is 12.5. The Balaban J connectivity index is 1.90. The normalized spacial score (nSPS) is 10.5. The number of amides is 1. The second kappa shape index (κ2) is 8.29. The molecule has 0 radical (unpaired) electrons. The van der Waals surface area contributed by atoms with Crippen LogP contribution in [0, 0.1) is 6.92 Å². The number of hydrogen-bond donors (Lipinski definition) is 1. The Morgan fingerprint density at radius 1 is 1.12 bits per heavy atom. The van der Waals surface area contributed by atoms with Gasteiger partial charge in [-0.1, -0.05) is 35.9 Å². The molecule has 2 heterocycles. The summed E-state index contributed by atoms with van der Waals surface area (Å²) in [5.41, 5.74) is 3.26. The molecule has 0 spiro atoms. The van der Waals surface area contributed by atoms with Crippen LogP contribution in [0.2, 0.25) is 0 Å². The summed E-state index contributed by atoms with van der Waals surface area (Å²) in [7, 11) is 0. The Morgan fingerprint density at radius 2 is 1.88 bits per heavy atom. The van der Waals surface area contributed by atoms with Gasteiger partial charge in [0.1, 0.15) is 10.6 Å². The van der Waals surface area contributed by atoms with E-state index in [1.165, 1.54) is 22.7 Å². The van der Waals surface area contributed by atoms with Crippen LogP contribution in [0.25, 0.3) is 11.1 Å². The summed E-state index contributed by atoms with van der Waals surface area (Å²) in [5.74, 6) is -0.564. The summed E-state index contributed by atoms with van der Waals surface area (Å²) in [6.07, 6.45) is 0.289. The molecule has 0 unspecified atom stereocenters. The minimum absolute atomic E-state index is 0.143. The van der Waals surface area contributed by atoms with E-state index in [9.17, 15) is 9.59 Å². The first-order valence-electron chi connectivity index (χ1n) is 8.26. The fourth-order valence-corrected chi connectivity index (χ4v) is 4.22. The lowest BCUT2D eigenvalue weighted by molar-refractivity contribution is -0.115. The minimum atomic E-state index is -0.421. The van der Waals surface area contributed by atoms with Gasteiger partial charge in [-0.25, -0.2) is 4.79 Å². The number of rotatable bonds is 6. The maximum atomic E-state index is 12.5. The number of anilines is 1. The Morgan fingerprint density at radius 3 is 2.54 bits per heavy atom. The molecule has 26 heavy (non-hydrogen) atoms. The second-order valence-corrected chi connectivity index (χ2v) is 7.66. The Hall–Kier alpha value is -2.44. The molecule has 134 valence electrons. The number of esters is 1. The standard InChI is InChI=1S/C20H19NO3S2/c1-3-24-20(23)18-16(14-8-6-13(2)7-9-14)12-26-19(18)21-17(22)11-15-5-4-10-25-15/h4-10,12H,3,11H2,1-2H3,(H,21,22). The van der Waals surface area contributed by atoms with Crippen molar-refractivity contribution in [3.05, 3.63) is 63.2 Å². The van der Waals surface area contributed by atoms with E-state index >= 15 is 0 Å². The van der Waals surface area contributed by atoms with Crippen molar-refractivity contribution in [2.45, 2.75) is 20.3 Å². The highest BCUT2D eigenvalue weighted by atomic mass is 32.1. The number of carbonyl (C=O) groups is 2. The average Bonchev–Trinajstić information content (AvgIpc) is 3.25. The van der Waals surface area contributed by atoms with Gasteiger partial charge in [-0.2, -0.15) is 0 Å². The lowest BCUT2D eigenvalue weighted by atomic mass is 10.0. The summed E-state index contributed by atoms with van der Waals surface area (Å²) in [5, 5.41) is 7.23. The highest BCUT2D eigenvalue weighted by Gasteiger charge is 2.22. The van der Waals surface area contributed by atoms with Crippen molar-refractivity contribution in [3.63, 3.8) is 0 Å². The maximum Gasteiger partial charge on any atom is 0.341 e. The third-order valence-electron chi connectivity index (χ3n) is 3.80. The molecule has 0 bridgehead atoms. The fourth-order valence-electron chi connectivity index (χ4n) is 2.54. The van der Waals surface area contributed by atoms with E-state index < -0.39 is 5.97 Å². The van der Waals surface area contributed by atoms with E-state index in [0.717, 1.165) is 21.6 Å². The van der Waals surface area contributed by atoms with Crippen LogP contribution < -0.4 is 5.32 Å². The molecule has 0 saturated carbocycles. The van der Waals surface area contributed by atoms with Gasteiger partial charge in [0.15, 0.2) is 0 Å². The van der Waals surface area contributed by atoms with Crippen LogP contribution in [0.1, 0.15) is 27.7 Å². The molecule has 1 amide bonds. The number of thiophene rings is 2. The number of aryl methyl sites for hydroxylation is 1. The van der Waals surface area contributed by atoms with Crippen LogP contribution in [-0.4, -0.2) is 18.5 Å². The van der Waals surface area contributed by atoms with Gasteiger partial charge >= 0.3 is 5.97 Å². The van der Waals surface area contributed by atoms with Crippen molar-refractivity contribution >= 4 is 39.6 Å². The molecule has 0 aliphatic rings. The zero-order valence-corrected chi connectivity index (χ0v) is 16.2. The largest absolute Gasteiger partial charge is 0.462 e. The lowest BCUT2D eigenvalue weighted by Crippen LogP contribution is -2.16. The summed E-state index contributed by atoms with van der Waals surface area (Å²) in [6, 6.07) is 11.8. The molecule has 3 aromatic rings. The van der Waals surface area contributed by atoms with E-state index in [2.05, 4.69) is 5.32 Å². The van der Waals surface area contributed by atoms with E-state index in [0.29, 0.717) is 10.6 Å². The molecule has 0 saturated heterocycles. The van der Waals surface area contributed by atoms with E-state index in [1.54, 1.807) is 6.92 Å². The van der Waals surface area contributed by atoms with Gasteiger partial charge in [0, 0.05) is 15.8 Å². The lowest BCUT2D eigenvalue weighted by Gasteiger charge is -2.09. The van der Waals surface area contributed by atoms with Crippen LogP contribution in [0.4, 0.5) is 5.00 Å². The molecule has 1 aromatic carbocycles. The van der Waals surface area contributed by atoms with Gasteiger partial charge in [0.2, 0.25) is 5.91 Å². The van der Waals surface area contributed by atoms with Gasteiger partial charge in [-0.3, -0.25) is 4.79 Å². The fraction of sp³-hybridized carbons (Fsp3) is 0.200. The topological polar surface area (TPSA) is 55.4 Å². The van der Waals surface area contributed by atoms with E-state index in [4.69, 9.17) is 4.74 Å². The zero-order valence-electron chi connectivity index (χ0n) is 14.6. The predicted octanol–water partition coefficient (Wildman–Crippen LogP) is 5.14. The third-order valence-corrected chi connectivity index (χ3v) is 5.57. The number of carbonyl (C=O) groups excluding carboxylic acids is 2. The Labute approximate surface area is 160 Å². The molecule has 1 N–H and O–H groups in total. The smallest absolute Gasteiger partial charge is 0.341 e. The van der Waals surface area contributed by atoms with Crippen LogP contribution >= 0.6 is 22.7 Å². The van der Waals surface area contributed by atoms with Crippen molar-refractivity contribution in [1.82, 2.24) is 0 Å². The van der Waals surface area contributed by atoms with Gasteiger partial charge in [0.25, 0.3) is 0 Å². The van der Waals surface area contributed by atoms with Gasteiger partial charge in [-0.05, 0) is 30.9 Å². The quantitative estimate of drug-likeness (QED) is 0.598. The van der Waals surface area contributed by atoms with Crippen molar-refractivity contribution in [3.8, 4) is 11.1 Å². The molecule has 6 heteroatoms. The van der Waals surface area contributed by atoms with E-state index in [-0.39, 0.29) is 18.9 Å².